The number of halogens is 1. The van der Waals surface area contributed by atoms with E-state index in [1.807, 2.05) is 0 Å². The molecule has 3 heteroatoms. The van der Waals surface area contributed by atoms with Gasteiger partial charge in [0.25, 0.3) is 2.86 Å². The molecule has 0 aliphatic rings. The number of phenols is 2. The molecule has 1 aromatic rings. The maximum absolute atomic E-state index is 6.60. The van der Waals surface area contributed by atoms with Crippen LogP contribution in [0.4, 0.5) is 0 Å². The molecule has 0 spiro atoms. The Labute approximate surface area is 63.9 Å². The Bertz CT molecular complexity index is 254. The zero-order chi connectivity index (χ0) is 8.27. The van der Waals surface area contributed by atoms with E-state index in [-0.39, 0.29) is 11.5 Å². The first-order valence-electron chi connectivity index (χ1n) is 3.15. The minimum Gasteiger partial charge on any atom is -0.504 e. The fourth-order valence-electron chi connectivity index (χ4n) is 0.482. The van der Waals surface area contributed by atoms with Crippen molar-refractivity contribution in [2.75, 3.05) is 0 Å². The number of rotatable bonds is 2. The molecule has 0 aliphatic heterocycles. The van der Waals surface area contributed by atoms with Crippen molar-refractivity contribution in [2.24, 2.45) is 0 Å². The number of phenolic OH excluding ortho intramolecular Hbond substituents is 2. The summed E-state index contributed by atoms with van der Waals surface area (Å²) in [6, 6.07) is 4.80. The Kier molecular flexibility index (Phi) is 1.05. The minimum atomic E-state index is 0.217. The summed E-state index contributed by atoms with van der Waals surface area (Å²) in [5.74, 6) is 0.442. The quantitative estimate of drug-likeness (QED) is 0.700. The highest BCUT2D eigenvalue weighted by atomic mass is 79.9. The van der Waals surface area contributed by atoms with Gasteiger partial charge in [0.05, 0.1) is 0 Å². The van der Waals surface area contributed by atoms with Crippen LogP contribution in [-0.2, 0) is 0 Å². The van der Waals surface area contributed by atoms with Crippen LogP contribution in [0.1, 0.15) is 0 Å². The zero-order valence-corrected chi connectivity index (χ0v) is 6.01. The minimum absolute atomic E-state index is 0.217. The van der Waals surface area contributed by atoms with Crippen LogP contribution in [-0.4, -0.2) is 13.1 Å². The third-order valence-corrected chi connectivity index (χ3v) is 1.40. The summed E-state index contributed by atoms with van der Waals surface area (Å²) in [6.07, 6.45) is 0. The van der Waals surface area contributed by atoms with Crippen LogP contribution in [0, 0.1) is 0 Å². The Morgan fingerprint density at radius 3 is 2.78 bits per heavy atom. The van der Waals surface area contributed by atoms with Crippen molar-refractivity contribution in [1.82, 2.24) is 0 Å². The van der Waals surface area contributed by atoms with Gasteiger partial charge in [0.15, 0.2) is 11.5 Å². The number of aromatic hydroxyl groups is 2. The predicted octanol–water partition coefficient (Wildman–Crippen LogP) is 1.86. The molecule has 0 unspecified atom stereocenters. The molecule has 0 saturated heterocycles. The molecule has 0 aliphatic carbocycles. The maximum atomic E-state index is 6.60. The Morgan fingerprint density at radius 2 is 2.11 bits per heavy atom. The summed E-state index contributed by atoms with van der Waals surface area (Å²) >= 11 is 3.19. The Balaban J connectivity index is 3.06. The van der Waals surface area contributed by atoms with E-state index in [4.69, 9.17) is 2.86 Å². The van der Waals surface area contributed by atoms with Crippen LogP contribution in [0.5, 0.6) is 11.5 Å². The fourth-order valence-corrected chi connectivity index (χ4v) is 0.822. The molecule has 2 N–H and O–H groups in total. The molecule has 1 rings (SSSR count). The molecule has 0 heterocycles. The van der Waals surface area contributed by atoms with Crippen LogP contribution in [0.2, 0.25) is 0 Å². The van der Waals surface area contributed by atoms with Gasteiger partial charge in [0, 0.05) is 4.47 Å². The van der Waals surface area contributed by atoms with Gasteiger partial charge in [-0.15, -0.1) is 0 Å². The molecule has 0 atom stereocenters. The van der Waals surface area contributed by atoms with Gasteiger partial charge in [-0.25, -0.2) is 0 Å². The van der Waals surface area contributed by atoms with Gasteiger partial charge < -0.3 is 10.2 Å². The van der Waals surface area contributed by atoms with Crippen molar-refractivity contribution in [1.29, 1.82) is 2.86 Å². The molecule has 0 saturated carbocycles. The average molecular weight is 191 g/mol. The van der Waals surface area contributed by atoms with Crippen molar-refractivity contribution < 1.29 is 10.2 Å². The fraction of sp³-hybridized carbons (Fsp3) is 0. The van der Waals surface area contributed by atoms with E-state index in [0.717, 1.165) is 4.47 Å². The van der Waals surface area contributed by atoms with Gasteiger partial charge in [0.1, 0.15) is 0 Å². The highest BCUT2D eigenvalue weighted by Crippen LogP contribution is 2.26. The maximum Gasteiger partial charge on any atom is 0.293 e. The molecular formula is C6H5BrO2. The lowest BCUT2D eigenvalue weighted by atomic mass is 10.3. The van der Waals surface area contributed by atoms with Crippen molar-refractivity contribution in [2.45, 2.75) is 0 Å². The molecule has 0 amide bonds. The second kappa shape index (κ2) is 2.27. The zero-order valence-electron chi connectivity index (χ0n) is 6.43. The van der Waals surface area contributed by atoms with E-state index in [1.165, 1.54) is 0 Å². The third-order valence-electron chi connectivity index (χ3n) is 0.906. The molecule has 0 fully saturated rings. The van der Waals surface area contributed by atoms with E-state index >= 15 is 0 Å². The smallest absolute Gasteiger partial charge is 0.293 e. The lowest BCUT2D eigenvalue weighted by Crippen LogP contribution is -1.66. The van der Waals surface area contributed by atoms with Gasteiger partial charge in [-0.05, 0) is 18.2 Å². The lowest BCUT2D eigenvalue weighted by molar-refractivity contribution is 0.403. The molecule has 0 bridgehead atoms. The van der Waals surface area contributed by atoms with Crippen LogP contribution in [0.15, 0.2) is 22.7 Å². The molecule has 2 nitrogen and oxygen atoms in total. The number of hydrogen-bond donors (Lipinski definition) is 2. The van der Waals surface area contributed by atoms with Crippen molar-refractivity contribution in [3.63, 3.8) is 0 Å². The molecular weight excluding hydrogens is 184 g/mol. The predicted molar refractivity (Wildman–Crippen MR) is 37.5 cm³/mol. The summed E-state index contributed by atoms with van der Waals surface area (Å²) in [4.78, 5) is 0. The Morgan fingerprint density at radius 1 is 1.33 bits per heavy atom. The van der Waals surface area contributed by atoms with Crippen molar-refractivity contribution in [3.05, 3.63) is 22.7 Å². The first-order chi connectivity index (χ1) is 5.27. The summed E-state index contributed by atoms with van der Waals surface area (Å²) in [5.41, 5.74) is 0. The van der Waals surface area contributed by atoms with E-state index in [1.54, 1.807) is 18.2 Å². The first kappa shape index (κ1) is 4.17. The van der Waals surface area contributed by atoms with Crippen molar-refractivity contribution >= 4 is 15.9 Å². The SMILES string of the molecule is [2H]Oc1ccc(Br)cc1O[2H]. The topological polar surface area (TPSA) is 40.5 Å². The van der Waals surface area contributed by atoms with E-state index in [0.29, 0.717) is 0 Å². The molecule has 0 aromatic heterocycles. The highest BCUT2D eigenvalue weighted by molar-refractivity contribution is 9.10. The van der Waals surface area contributed by atoms with Crippen LogP contribution >= 0.6 is 15.9 Å². The Hall–Kier alpha value is -0.700. The van der Waals surface area contributed by atoms with E-state index < -0.39 is 0 Å². The number of hydrogen-bond acceptors (Lipinski definition) is 2. The number of benzene rings is 1. The van der Waals surface area contributed by atoms with Crippen LogP contribution in [0.25, 0.3) is 0 Å². The monoisotopic (exact) mass is 190 g/mol. The summed E-state index contributed by atoms with van der Waals surface area (Å²) in [7, 11) is 0. The van der Waals surface area contributed by atoms with Gasteiger partial charge in [-0.3, -0.25) is 0 Å². The molecule has 48 valence electrons. The molecule has 0 radical (unpaired) electrons. The highest BCUT2D eigenvalue weighted by Gasteiger charge is 1.95. The largest absolute Gasteiger partial charge is 0.504 e. The van der Waals surface area contributed by atoms with E-state index in [9.17, 15) is 0 Å². The average Bonchev–Trinajstić information content (AvgIpc) is 2.04. The third kappa shape index (κ3) is 1.36. The second-order valence-electron chi connectivity index (χ2n) is 1.59. The molecule has 9 heavy (non-hydrogen) atoms. The summed E-state index contributed by atoms with van der Waals surface area (Å²) in [6.45, 7) is 0. The van der Waals surface area contributed by atoms with Crippen LogP contribution in [0.3, 0.4) is 0 Å². The molecule has 1 aromatic carbocycles. The van der Waals surface area contributed by atoms with Crippen molar-refractivity contribution in [3.8, 4) is 11.5 Å². The first-order valence-corrected chi connectivity index (χ1v) is 3.13. The normalized spacial score (nSPS) is 11.7. The summed E-state index contributed by atoms with van der Waals surface area (Å²) < 4.78 is 14.0. The summed E-state index contributed by atoms with van der Waals surface area (Å²) in [5, 5.41) is 8.37. The lowest BCUT2D eigenvalue weighted by Gasteiger charge is -1.94. The van der Waals surface area contributed by atoms with Gasteiger partial charge >= 0.3 is 0 Å². The second-order valence-corrected chi connectivity index (χ2v) is 2.51. The standard InChI is InChI=1S/C6H5BrO2/c7-4-1-2-5(8)6(9)3-4/h1-3,8-9H/i/hD2. The van der Waals surface area contributed by atoms with E-state index in [2.05, 4.69) is 26.1 Å². The van der Waals surface area contributed by atoms with Gasteiger partial charge in [-0.2, -0.15) is 0 Å². The van der Waals surface area contributed by atoms with Gasteiger partial charge in [-0.1, -0.05) is 15.9 Å². The van der Waals surface area contributed by atoms with Gasteiger partial charge in [0.2, 0.25) is 0 Å². The van der Waals surface area contributed by atoms with Crippen LogP contribution < -0.4 is 0 Å².